The number of rotatable bonds is 6. The number of aliphatic hydroxyl groups is 3. The molecule has 29 heavy (non-hydrogen) atoms. The minimum Gasteiger partial charge on any atom is -0.494 e. The predicted octanol–water partition coefficient (Wildman–Crippen LogP) is 1.91. The summed E-state index contributed by atoms with van der Waals surface area (Å²) >= 11 is 6.44. The van der Waals surface area contributed by atoms with E-state index < -0.39 is 30.6 Å². The first-order valence-electron chi connectivity index (χ1n) is 9.72. The molecular formula is C21H28ClNO6. The highest BCUT2D eigenvalue weighted by Gasteiger charge is 2.49. The van der Waals surface area contributed by atoms with Gasteiger partial charge in [0.25, 0.3) is 0 Å². The van der Waals surface area contributed by atoms with Gasteiger partial charge in [-0.1, -0.05) is 35.9 Å². The summed E-state index contributed by atoms with van der Waals surface area (Å²) < 4.78 is 5.47. The number of hydrogen-bond acceptors (Lipinski definition) is 7. The molecule has 1 unspecified atom stereocenters. The molecule has 1 aliphatic heterocycles. The van der Waals surface area contributed by atoms with Crippen molar-refractivity contribution in [1.29, 1.82) is 0 Å². The van der Waals surface area contributed by atoms with Crippen molar-refractivity contribution in [2.24, 2.45) is 5.92 Å². The zero-order valence-electron chi connectivity index (χ0n) is 16.5. The van der Waals surface area contributed by atoms with Crippen molar-refractivity contribution in [1.82, 2.24) is 4.90 Å². The lowest BCUT2D eigenvalue weighted by Crippen LogP contribution is -2.67. The number of hydrogen-bond donors (Lipinski definition) is 4. The maximum atomic E-state index is 10.6. The van der Waals surface area contributed by atoms with Crippen molar-refractivity contribution >= 4 is 11.6 Å². The topological polar surface area (TPSA) is 103 Å². The molecular weight excluding hydrogens is 398 g/mol. The van der Waals surface area contributed by atoms with Gasteiger partial charge >= 0.3 is 0 Å². The second-order valence-corrected chi connectivity index (χ2v) is 7.93. The van der Waals surface area contributed by atoms with E-state index in [0.717, 1.165) is 16.9 Å². The van der Waals surface area contributed by atoms with Crippen LogP contribution < -0.4 is 4.74 Å². The van der Waals surface area contributed by atoms with E-state index >= 15 is 0 Å². The van der Waals surface area contributed by atoms with Gasteiger partial charge in [-0.3, -0.25) is 10.2 Å². The maximum absolute atomic E-state index is 10.6. The van der Waals surface area contributed by atoms with Crippen molar-refractivity contribution in [2.75, 3.05) is 13.7 Å². The van der Waals surface area contributed by atoms with Crippen LogP contribution in [0.25, 0.3) is 0 Å². The van der Waals surface area contributed by atoms with Gasteiger partial charge in [0.15, 0.2) is 6.23 Å². The molecule has 4 N–H and O–H groups in total. The Kier molecular flexibility index (Phi) is 7.34. The zero-order chi connectivity index (χ0) is 21.1. The van der Waals surface area contributed by atoms with E-state index in [-0.39, 0.29) is 5.92 Å². The monoisotopic (exact) mass is 425 g/mol. The van der Waals surface area contributed by atoms with Crippen LogP contribution in [0.5, 0.6) is 5.75 Å². The van der Waals surface area contributed by atoms with Crippen LogP contribution in [0.1, 0.15) is 18.9 Å². The largest absolute Gasteiger partial charge is 0.494 e. The van der Waals surface area contributed by atoms with Gasteiger partial charge in [0.2, 0.25) is 0 Å². The smallest absolute Gasteiger partial charge is 0.174 e. The lowest BCUT2D eigenvalue weighted by atomic mass is 9.80. The van der Waals surface area contributed by atoms with Crippen molar-refractivity contribution in [3.05, 3.63) is 52.6 Å². The van der Waals surface area contributed by atoms with Crippen LogP contribution in [0.2, 0.25) is 0 Å². The van der Waals surface area contributed by atoms with Gasteiger partial charge in [0.1, 0.15) is 18.0 Å². The Morgan fingerprint density at radius 3 is 2.41 bits per heavy atom. The van der Waals surface area contributed by atoms with Gasteiger partial charge in [-0.05, 0) is 56.0 Å². The van der Waals surface area contributed by atoms with Gasteiger partial charge in [0.05, 0.1) is 12.7 Å². The second-order valence-electron chi connectivity index (χ2n) is 7.52. The van der Waals surface area contributed by atoms with Crippen LogP contribution in [0.4, 0.5) is 0 Å². The molecule has 1 saturated heterocycles. The molecule has 8 heteroatoms. The summed E-state index contributed by atoms with van der Waals surface area (Å²) in [5.41, 5.74) is 1.98. The van der Waals surface area contributed by atoms with Crippen LogP contribution in [0, 0.1) is 5.92 Å². The van der Waals surface area contributed by atoms with Gasteiger partial charge in [-0.15, -0.1) is 0 Å². The van der Waals surface area contributed by atoms with E-state index in [9.17, 15) is 15.3 Å². The highest BCUT2D eigenvalue weighted by atomic mass is 35.5. The molecule has 1 aromatic rings. The molecule has 6 atom stereocenters. The molecule has 0 aromatic heterocycles. The van der Waals surface area contributed by atoms with E-state index in [1.807, 2.05) is 43.3 Å². The first-order valence-corrected chi connectivity index (χ1v) is 10.1. The quantitative estimate of drug-likeness (QED) is 0.408. The second kappa shape index (κ2) is 9.57. The number of nitrogens with zero attached hydrogens (tertiary/aromatic N) is 1. The van der Waals surface area contributed by atoms with E-state index in [1.54, 1.807) is 11.9 Å². The molecule has 160 valence electrons. The van der Waals surface area contributed by atoms with E-state index in [4.69, 9.17) is 21.6 Å². The van der Waals surface area contributed by atoms with Gasteiger partial charge in [-0.25, -0.2) is 4.89 Å². The third-order valence-electron chi connectivity index (χ3n) is 5.68. The molecule has 3 rings (SSSR count). The van der Waals surface area contributed by atoms with Crippen LogP contribution in [-0.2, 0) is 11.3 Å². The summed E-state index contributed by atoms with van der Waals surface area (Å²) in [6.07, 6.45) is -0.161. The number of likely N-dealkylation sites (tertiary alicyclic amines) is 1. The van der Waals surface area contributed by atoms with Crippen LogP contribution >= 0.6 is 11.6 Å². The molecule has 1 aliphatic carbocycles. The number of benzene rings is 1. The Balaban J connectivity index is 1.80. The fraction of sp³-hybridized carbons (Fsp3) is 0.524. The fourth-order valence-electron chi connectivity index (χ4n) is 4.16. The number of halogens is 1. The molecule has 1 fully saturated rings. The SMILES string of the molecule is CCOc1ccc(CC2=CC([C@H]3[C@H](O)[C@@H](O)[C@H](O)[C@@H](OO)N3C)CC=C2Cl)cc1. The third-order valence-corrected chi connectivity index (χ3v) is 6.08. The fourth-order valence-corrected chi connectivity index (χ4v) is 4.38. The molecule has 0 radical (unpaired) electrons. The predicted molar refractivity (Wildman–Crippen MR) is 109 cm³/mol. The average Bonchev–Trinajstić information content (AvgIpc) is 2.71. The Bertz CT molecular complexity index is 752. The molecule has 0 bridgehead atoms. The number of aliphatic hydroxyl groups excluding tert-OH is 3. The number of ether oxygens (including phenoxy) is 1. The van der Waals surface area contributed by atoms with Crippen LogP contribution in [0.15, 0.2) is 47.0 Å². The summed E-state index contributed by atoms with van der Waals surface area (Å²) in [5, 5.41) is 40.6. The summed E-state index contributed by atoms with van der Waals surface area (Å²) in [6, 6.07) is 7.23. The first-order chi connectivity index (χ1) is 13.9. The third kappa shape index (κ3) is 4.67. The summed E-state index contributed by atoms with van der Waals surface area (Å²) in [7, 11) is 1.63. The molecule has 0 spiro atoms. The molecule has 2 aliphatic rings. The minimum atomic E-state index is -1.43. The van der Waals surface area contributed by atoms with E-state index in [2.05, 4.69) is 4.89 Å². The number of allylic oxidation sites excluding steroid dienone is 3. The lowest BCUT2D eigenvalue weighted by molar-refractivity contribution is -0.360. The minimum absolute atomic E-state index is 0.185. The standard InChI is InChI=1S/C21H28ClNO6/c1-3-28-15-7-4-12(5-8-15)10-14-11-13(6-9-16(14)22)17-18(24)19(25)20(26)21(29-27)23(17)2/h4-5,7-9,11,13,17-21,24-27H,3,6,10H2,1-2H3/t13?,17-,18-,19+,20-,21+/m0/s1. The highest BCUT2D eigenvalue weighted by Crippen LogP contribution is 2.36. The molecule has 1 aromatic carbocycles. The molecule has 7 nitrogen and oxygen atoms in total. The van der Waals surface area contributed by atoms with E-state index in [1.165, 1.54) is 0 Å². The van der Waals surface area contributed by atoms with Crippen molar-refractivity contribution in [3.8, 4) is 5.75 Å². The Morgan fingerprint density at radius 2 is 1.79 bits per heavy atom. The lowest BCUT2D eigenvalue weighted by Gasteiger charge is -2.48. The van der Waals surface area contributed by atoms with Crippen molar-refractivity contribution in [2.45, 2.75) is 50.3 Å². The Morgan fingerprint density at radius 1 is 1.10 bits per heavy atom. The first kappa shape index (κ1) is 22.2. The maximum Gasteiger partial charge on any atom is 0.174 e. The molecule has 0 amide bonds. The van der Waals surface area contributed by atoms with Crippen molar-refractivity contribution < 1.29 is 30.2 Å². The summed E-state index contributed by atoms with van der Waals surface area (Å²) in [4.78, 5) is 5.91. The number of piperidine rings is 1. The average molecular weight is 426 g/mol. The summed E-state index contributed by atoms with van der Waals surface area (Å²) in [6.45, 7) is 2.54. The normalized spacial score (nSPS) is 33.2. The zero-order valence-corrected chi connectivity index (χ0v) is 17.2. The van der Waals surface area contributed by atoms with Gasteiger partial charge < -0.3 is 20.1 Å². The van der Waals surface area contributed by atoms with E-state index in [0.29, 0.717) is 24.5 Å². The number of likely N-dealkylation sites (N-methyl/N-ethyl adjacent to an activating group) is 1. The van der Waals surface area contributed by atoms with Crippen LogP contribution in [0.3, 0.4) is 0 Å². The molecule has 0 saturated carbocycles. The van der Waals surface area contributed by atoms with Gasteiger partial charge in [-0.2, -0.15) is 0 Å². The molecule has 1 heterocycles. The summed E-state index contributed by atoms with van der Waals surface area (Å²) in [5.74, 6) is 0.623. The van der Waals surface area contributed by atoms with Gasteiger partial charge in [0, 0.05) is 11.1 Å². The van der Waals surface area contributed by atoms with Crippen LogP contribution in [-0.4, -0.2) is 69.7 Å². The Labute approximate surface area is 175 Å². The Hall–Kier alpha value is -1.45. The highest BCUT2D eigenvalue weighted by molar-refractivity contribution is 6.32. The van der Waals surface area contributed by atoms with Crippen molar-refractivity contribution in [3.63, 3.8) is 0 Å².